The molecular weight excluding hydrogens is 417 g/mol. The SMILES string of the molecule is CCOC(=O)c1ccc(CN(Cc2ccc(C)cc2)S(=O)(=O)c2ccc(F)cc2)cc1. The van der Waals surface area contributed by atoms with Crippen LogP contribution in [0.3, 0.4) is 0 Å². The smallest absolute Gasteiger partial charge is 0.338 e. The van der Waals surface area contributed by atoms with E-state index in [9.17, 15) is 17.6 Å². The number of aryl methyl sites for hydroxylation is 1. The molecule has 0 unspecified atom stereocenters. The summed E-state index contributed by atoms with van der Waals surface area (Å²) in [6, 6.07) is 19.0. The van der Waals surface area contributed by atoms with Crippen LogP contribution in [0.1, 0.15) is 34.0 Å². The van der Waals surface area contributed by atoms with Crippen LogP contribution in [0.2, 0.25) is 0 Å². The van der Waals surface area contributed by atoms with E-state index in [1.165, 1.54) is 16.4 Å². The topological polar surface area (TPSA) is 63.7 Å². The lowest BCUT2D eigenvalue weighted by molar-refractivity contribution is 0.0526. The molecule has 5 nitrogen and oxygen atoms in total. The van der Waals surface area contributed by atoms with E-state index in [2.05, 4.69) is 0 Å². The molecule has 0 bridgehead atoms. The fraction of sp³-hybridized carbons (Fsp3) is 0.208. The highest BCUT2D eigenvalue weighted by atomic mass is 32.2. The van der Waals surface area contributed by atoms with Gasteiger partial charge in [-0.1, -0.05) is 42.0 Å². The third-order valence-corrected chi connectivity index (χ3v) is 6.56. The minimum absolute atomic E-state index is 0.0177. The summed E-state index contributed by atoms with van der Waals surface area (Å²) in [5.74, 6) is -0.928. The number of carbonyl (C=O) groups is 1. The van der Waals surface area contributed by atoms with Gasteiger partial charge in [0.05, 0.1) is 17.1 Å². The van der Waals surface area contributed by atoms with E-state index < -0.39 is 21.8 Å². The molecule has 0 saturated carbocycles. The molecule has 3 aromatic rings. The van der Waals surface area contributed by atoms with Crippen LogP contribution >= 0.6 is 0 Å². The van der Waals surface area contributed by atoms with Gasteiger partial charge in [0.15, 0.2) is 0 Å². The average molecular weight is 442 g/mol. The van der Waals surface area contributed by atoms with Gasteiger partial charge in [-0.05, 0) is 61.4 Å². The molecule has 0 aliphatic carbocycles. The van der Waals surface area contributed by atoms with Gasteiger partial charge in [-0.15, -0.1) is 0 Å². The minimum atomic E-state index is -3.88. The van der Waals surface area contributed by atoms with Gasteiger partial charge in [0.1, 0.15) is 5.82 Å². The van der Waals surface area contributed by atoms with Crippen LogP contribution in [0.15, 0.2) is 77.7 Å². The molecular formula is C24H24FNO4S. The van der Waals surface area contributed by atoms with E-state index in [1.54, 1.807) is 31.2 Å². The van der Waals surface area contributed by atoms with Crippen molar-refractivity contribution in [2.75, 3.05) is 6.61 Å². The van der Waals surface area contributed by atoms with Gasteiger partial charge in [-0.3, -0.25) is 0 Å². The number of esters is 1. The van der Waals surface area contributed by atoms with E-state index in [0.717, 1.165) is 23.3 Å². The van der Waals surface area contributed by atoms with Gasteiger partial charge >= 0.3 is 5.97 Å². The lowest BCUT2D eigenvalue weighted by Gasteiger charge is -2.23. The Hall–Kier alpha value is -3.03. The van der Waals surface area contributed by atoms with Crippen molar-refractivity contribution in [2.45, 2.75) is 31.8 Å². The third kappa shape index (κ3) is 5.77. The number of rotatable bonds is 8. The Balaban J connectivity index is 1.90. The van der Waals surface area contributed by atoms with Crippen molar-refractivity contribution in [1.82, 2.24) is 4.31 Å². The summed E-state index contributed by atoms with van der Waals surface area (Å²) in [7, 11) is -3.88. The zero-order chi connectivity index (χ0) is 22.4. The molecule has 0 atom stereocenters. The van der Waals surface area contributed by atoms with Crippen molar-refractivity contribution in [2.24, 2.45) is 0 Å². The molecule has 0 N–H and O–H groups in total. The summed E-state index contributed by atoms with van der Waals surface area (Å²) in [6.45, 7) is 4.22. The van der Waals surface area contributed by atoms with Crippen molar-refractivity contribution < 1.29 is 22.3 Å². The predicted octanol–water partition coefficient (Wildman–Crippen LogP) is 4.70. The zero-order valence-corrected chi connectivity index (χ0v) is 18.2. The van der Waals surface area contributed by atoms with Crippen molar-refractivity contribution >= 4 is 16.0 Å². The lowest BCUT2D eigenvalue weighted by Crippen LogP contribution is -2.30. The first kappa shape index (κ1) is 22.7. The van der Waals surface area contributed by atoms with Crippen LogP contribution in [-0.2, 0) is 27.8 Å². The second kappa shape index (κ2) is 9.85. The summed E-state index contributed by atoms with van der Waals surface area (Å²) in [6.07, 6.45) is 0. The zero-order valence-electron chi connectivity index (χ0n) is 17.4. The molecule has 0 radical (unpaired) electrons. The molecule has 0 aliphatic rings. The molecule has 7 heteroatoms. The van der Waals surface area contributed by atoms with Crippen LogP contribution in [0.5, 0.6) is 0 Å². The summed E-state index contributed by atoms with van der Waals surface area (Å²) in [4.78, 5) is 11.9. The van der Waals surface area contributed by atoms with Gasteiger partial charge in [-0.25, -0.2) is 17.6 Å². The van der Waals surface area contributed by atoms with E-state index >= 15 is 0 Å². The first-order valence-corrected chi connectivity index (χ1v) is 11.3. The summed E-state index contributed by atoms with van der Waals surface area (Å²) in [5, 5.41) is 0. The Morgan fingerprint density at radius 3 is 1.90 bits per heavy atom. The predicted molar refractivity (Wildman–Crippen MR) is 116 cm³/mol. The van der Waals surface area contributed by atoms with Crippen molar-refractivity contribution in [3.63, 3.8) is 0 Å². The number of hydrogen-bond acceptors (Lipinski definition) is 4. The van der Waals surface area contributed by atoms with Crippen molar-refractivity contribution in [3.8, 4) is 0 Å². The number of hydrogen-bond donors (Lipinski definition) is 0. The summed E-state index contributed by atoms with van der Waals surface area (Å²) < 4.78 is 46.3. The molecule has 3 aromatic carbocycles. The number of ether oxygens (including phenoxy) is 1. The highest BCUT2D eigenvalue weighted by Gasteiger charge is 2.25. The molecule has 0 saturated heterocycles. The van der Waals surface area contributed by atoms with Crippen molar-refractivity contribution in [3.05, 3.63) is 101 Å². The van der Waals surface area contributed by atoms with E-state index in [-0.39, 0.29) is 24.6 Å². The van der Waals surface area contributed by atoms with Gasteiger partial charge in [0, 0.05) is 13.1 Å². The molecule has 0 aromatic heterocycles. The van der Waals surface area contributed by atoms with E-state index in [1.807, 2.05) is 31.2 Å². The fourth-order valence-corrected chi connectivity index (χ4v) is 4.46. The van der Waals surface area contributed by atoms with Crippen LogP contribution in [0.4, 0.5) is 4.39 Å². The Labute approximate surface area is 182 Å². The number of sulfonamides is 1. The van der Waals surface area contributed by atoms with Gasteiger partial charge in [0.25, 0.3) is 0 Å². The number of nitrogens with zero attached hydrogens (tertiary/aromatic N) is 1. The molecule has 162 valence electrons. The summed E-state index contributed by atoms with van der Waals surface area (Å²) >= 11 is 0. The second-order valence-electron chi connectivity index (χ2n) is 7.13. The molecule has 3 rings (SSSR count). The largest absolute Gasteiger partial charge is 0.462 e. The summed E-state index contributed by atoms with van der Waals surface area (Å²) in [5.41, 5.74) is 3.02. The minimum Gasteiger partial charge on any atom is -0.462 e. The van der Waals surface area contributed by atoms with E-state index in [4.69, 9.17) is 4.74 Å². The van der Waals surface area contributed by atoms with E-state index in [0.29, 0.717) is 11.1 Å². The third-order valence-electron chi connectivity index (χ3n) is 4.75. The molecule has 0 spiro atoms. The van der Waals surface area contributed by atoms with Crippen LogP contribution < -0.4 is 0 Å². The van der Waals surface area contributed by atoms with Crippen LogP contribution in [0, 0.1) is 12.7 Å². The van der Waals surface area contributed by atoms with Crippen LogP contribution in [0.25, 0.3) is 0 Å². The normalized spacial score (nSPS) is 11.5. The molecule has 0 fully saturated rings. The second-order valence-corrected chi connectivity index (χ2v) is 9.07. The average Bonchev–Trinajstić information content (AvgIpc) is 2.76. The maximum absolute atomic E-state index is 13.3. The maximum Gasteiger partial charge on any atom is 0.338 e. The van der Waals surface area contributed by atoms with Gasteiger partial charge in [-0.2, -0.15) is 4.31 Å². The molecule has 31 heavy (non-hydrogen) atoms. The highest BCUT2D eigenvalue weighted by Crippen LogP contribution is 2.22. The first-order chi connectivity index (χ1) is 14.8. The molecule has 0 aliphatic heterocycles. The number of benzene rings is 3. The Bertz CT molecular complexity index is 1130. The monoisotopic (exact) mass is 441 g/mol. The number of halogens is 1. The van der Waals surface area contributed by atoms with Gasteiger partial charge < -0.3 is 4.74 Å². The Kier molecular flexibility index (Phi) is 7.20. The maximum atomic E-state index is 13.3. The van der Waals surface area contributed by atoms with Crippen LogP contribution in [-0.4, -0.2) is 25.3 Å². The lowest BCUT2D eigenvalue weighted by atomic mass is 10.1. The molecule has 0 heterocycles. The standard InChI is InChI=1S/C24H24FNO4S/c1-3-30-24(27)21-10-8-20(9-11-21)17-26(16-19-6-4-18(2)5-7-19)31(28,29)23-14-12-22(25)13-15-23/h4-15H,3,16-17H2,1-2H3. The van der Waals surface area contributed by atoms with Gasteiger partial charge in [0.2, 0.25) is 10.0 Å². The quantitative estimate of drug-likeness (QED) is 0.475. The fourth-order valence-electron chi connectivity index (χ4n) is 3.04. The Morgan fingerprint density at radius 1 is 0.871 bits per heavy atom. The number of carbonyl (C=O) groups excluding carboxylic acids is 1. The Morgan fingerprint density at radius 2 is 1.39 bits per heavy atom. The first-order valence-electron chi connectivity index (χ1n) is 9.87. The molecule has 0 amide bonds. The van der Waals surface area contributed by atoms with Crippen molar-refractivity contribution in [1.29, 1.82) is 0 Å². The highest BCUT2D eigenvalue weighted by molar-refractivity contribution is 7.89.